The molecule has 0 fully saturated rings. The van der Waals surface area contributed by atoms with Crippen LogP contribution in [0.5, 0.6) is 5.75 Å². The topological polar surface area (TPSA) is 62.7 Å². The number of aliphatic hydroxyl groups excluding tert-OH is 1. The zero-order valence-electron chi connectivity index (χ0n) is 13.2. The zero-order chi connectivity index (χ0) is 20.0. The molecule has 11 heteroatoms. The first kappa shape index (κ1) is 19.3. The number of carbonyl (C=O) groups is 1. The van der Waals surface area contributed by atoms with Gasteiger partial charge < -0.3 is 9.84 Å². The van der Waals surface area contributed by atoms with Gasteiger partial charge in [-0.25, -0.2) is 0 Å². The Balaban J connectivity index is 2.10. The SMILES string of the molecule is O=C1N(Cc2cncc(Cl)c2)c2cccc([C@@H](O)C(F)(F)F)c2OC1(F)F. The maximum absolute atomic E-state index is 14.0. The van der Waals surface area contributed by atoms with Crippen LogP contribution in [0.1, 0.15) is 17.2 Å². The number of anilines is 1. The highest BCUT2D eigenvalue weighted by atomic mass is 35.5. The first-order valence-corrected chi connectivity index (χ1v) is 7.74. The minimum atomic E-state index is -5.11. The van der Waals surface area contributed by atoms with E-state index in [4.69, 9.17) is 11.6 Å². The smallest absolute Gasteiger partial charge is 0.423 e. The minimum Gasteiger partial charge on any atom is -0.423 e. The average molecular weight is 409 g/mol. The second-order valence-corrected chi connectivity index (χ2v) is 6.10. The number of pyridine rings is 1. The molecule has 1 atom stereocenters. The summed E-state index contributed by atoms with van der Waals surface area (Å²) in [7, 11) is 0. The number of hydrogen-bond acceptors (Lipinski definition) is 4. The third-order valence-corrected chi connectivity index (χ3v) is 3.95. The van der Waals surface area contributed by atoms with Gasteiger partial charge in [-0.2, -0.15) is 22.0 Å². The molecular formula is C16H10ClF5N2O3. The highest BCUT2D eigenvalue weighted by molar-refractivity contribution is 6.30. The Kier molecular flexibility index (Phi) is 4.73. The molecule has 1 N–H and O–H groups in total. The number of rotatable bonds is 3. The summed E-state index contributed by atoms with van der Waals surface area (Å²) in [4.78, 5) is 16.4. The molecule has 1 aromatic heterocycles. The van der Waals surface area contributed by atoms with Gasteiger partial charge in [0.25, 0.3) is 0 Å². The third-order valence-electron chi connectivity index (χ3n) is 3.75. The molecule has 0 radical (unpaired) electrons. The molecule has 0 aliphatic carbocycles. The number of benzene rings is 1. The first-order valence-electron chi connectivity index (χ1n) is 7.36. The number of carbonyl (C=O) groups excluding carboxylic acids is 1. The van der Waals surface area contributed by atoms with Crippen molar-refractivity contribution in [3.63, 3.8) is 0 Å². The van der Waals surface area contributed by atoms with E-state index in [1.165, 1.54) is 18.5 Å². The van der Waals surface area contributed by atoms with Gasteiger partial charge in [-0.15, -0.1) is 0 Å². The van der Waals surface area contributed by atoms with E-state index < -0.39 is 42.2 Å². The van der Waals surface area contributed by atoms with E-state index in [2.05, 4.69) is 9.72 Å². The molecule has 1 aromatic carbocycles. The normalized spacial score (nSPS) is 17.3. The number of aliphatic hydroxyl groups is 1. The summed E-state index contributed by atoms with van der Waals surface area (Å²) >= 11 is 5.78. The maximum atomic E-state index is 14.0. The molecule has 0 unspecified atom stereocenters. The molecule has 3 rings (SSSR count). The predicted octanol–water partition coefficient (Wildman–Crippen LogP) is 3.85. The van der Waals surface area contributed by atoms with Crippen LogP contribution in [-0.2, 0) is 11.3 Å². The zero-order valence-corrected chi connectivity index (χ0v) is 13.9. The summed E-state index contributed by atoms with van der Waals surface area (Å²) in [6, 6.07) is 4.38. The molecular weight excluding hydrogens is 399 g/mol. The number of nitrogens with zero attached hydrogens (tertiary/aromatic N) is 2. The van der Waals surface area contributed by atoms with Crippen LogP contribution < -0.4 is 9.64 Å². The van der Waals surface area contributed by atoms with Crippen molar-refractivity contribution in [3.8, 4) is 5.75 Å². The Bertz CT molecular complexity index is 891. The fraction of sp³-hybridized carbons (Fsp3) is 0.250. The van der Waals surface area contributed by atoms with E-state index in [9.17, 15) is 31.9 Å². The van der Waals surface area contributed by atoms with Gasteiger partial charge in [0.15, 0.2) is 11.9 Å². The van der Waals surface area contributed by atoms with Crippen LogP contribution >= 0.6 is 11.6 Å². The van der Waals surface area contributed by atoms with Crippen LogP contribution in [0.3, 0.4) is 0 Å². The lowest BCUT2D eigenvalue weighted by atomic mass is 10.0. The molecule has 144 valence electrons. The number of aromatic nitrogens is 1. The predicted molar refractivity (Wildman–Crippen MR) is 83.5 cm³/mol. The molecule has 0 bridgehead atoms. The van der Waals surface area contributed by atoms with Crippen LogP contribution in [-0.4, -0.2) is 28.3 Å². The molecule has 2 heterocycles. The van der Waals surface area contributed by atoms with E-state index in [1.54, 1.807) is 0 Å². The molecule has 1 aliphatic heterocycles. The van der Waals surface area contributed by atoms with Gasteiger partial charge in [0.1, 0.15) is 0 Å². The highest BCUT2D eigenvalue weighted by Crippen LogP contribution is 2.47. The van der Waals surface area contributed by atoms with Crippen LogP contribution in [0.4, 0.5) is 27.6 Å². The van der Waals surface area contributed by atoms with Crippen molar-refractivity contribution in [2.24, 2.45) is 0 Å². The standard InChI is InChI=1S/C16H10ClF5N2O3/c17-9-4-8(5-23-6-9)7-24-11-3-1-2-10(13(25)15(18,19)20)12(11)27-16(21,22)14(24)26/h1-6,13,25H,7H2/t13-/m1/s1. The number of halogens is 6. The van der Waals surface area contributed by atoms with Crippen molar-refractivity contribution in [2.75, 3.05) is 4.90 Å². The number of para-hydroxylation sites is 1. The summed E-state index contributed by atoms with van der Waals surface area (Å²) in [5, 5.41) is 9.66. The van der Waals surface area contributed by atoms with Crippen molar-refractivity contribution in [1.29, 1.82) is 0 Å². The van der Waals surface area contributed by atoms with Gasteiger partial charge >= 0.3 is 18.2 Å². The lowest BCUT2D eigenvalue weighted by Crippen LogP contribution is -2.50. The fourth-order valence-electron chi connectivity index (χ4n) is 2.58. The average Bonchev–Trinajstić information content (AvgIpc) is 2.57. The molecule has 0 saturated carbocycles. The van der Waals surface area contributed by atoms with Crippen molar-refractivity contribution in [2.45, 2.75) is 24.9 Å². The molecule has 5 nitrogen and oxygen atoms in total. The lowest BCUT2D eigenvalue weighted by Gasteiger charge is -2.35. The van der Waals surface area contributed by atoms with Gasteiger partial charge in [-0.05, 0) is 17.7 Å². The number of ether oxygens (including phenoxy) is 1. The van der Waals surface area contributed by atoms with Gasteiger partial charge in [-0.1, -0.05) is 23.7 Å². The summed E-state index contributed by atoms with van der Waals surface area (Å²) in [5.74, 6) is -2.70. The Labute approximate surface area is 153 Å². The van der Waals surface area contributed by atoms with Gasteiger partial charge in [0.05, 0.1) is 17.3 Å². The summed E-state index contributed by atoms with van der Waals surface area (Å²) < 4.78 is 70.9. The largest absolute Gasteiger partial charge is 0.483 e. The Morgan fingerprint density at radius 1 is 1.30 bits per heavy atom. The quantitative estimate of drug-likeness (QED) is 0.784. The second-order valence-electron chi connectivity index (χ2n) is 5.66. The first-order chi connectivity index (χ1) is 12.5. The van der Waals surface area contributed by atoms with Gasteiger partial charge in [-0.3, -0.25) is 14.7 Å². The van der Waals surface area contributed by atoms with E-state index >= 15 is 0 Å². The highest BCUT2D eigenvalue weighted by Gasteiger charge is 2.52. The van der Waals surface area contributed by atoms with Crippen LogP contribution in [0.2, 0.25) is 5.02 Å². The van der Waals surface area contributed by atoms with Crippen molar-refractivity contribution in [1.82, 2.24) is 4.98 Å². The van der Waals surface area contributed by atoms with Crippen molar-refractivity contribution in [3.05, 3.63) is 52.8 Å². The Morgan fingerprint density at radius 2 is 2.00 bits per heavy atom. The number of amides is 1. The fourth-order valence-corrected chi connectivity index (χ4v) is 2.77. The molecule has 0 spiro atoms. The molecule has 1 amide bonds. The maximum Gasteiger partial charge on any atom is 0.483 e. The van der Waals surface area contributed by atoms with E-state index in [0.717, 1.165) is 18.2 Å². The van der Waals surface area contributed by atoms with Gasteiger partial charge in [0.2, 0.25) is 0 Å². The monoisotopic (exact) mass is 408 g/mol. The second kappa shape index (κ2) is 6.61. The molecule has 1 aliphatic rings. The molecule has 2 aromatic rings. The summed E-state index contributed by atoms with van der Waals surface area (Å²) in [6.07, 6.45) is -10.0. The Morgan fingerprint density at radius 3 is 2.63 bits per heavy atom. The van der Waals surface area contributed by atoms with E-state index in [0.29, 0.717) is 4.90 Å². The van der Waals surface area contributed by atoms with Crippen molar-refractivity contribution >= 4 is 23.2 Å². The van der Waals surface area contributed by atoms with E-state index in [1.807, 2.05) is 0 Å². The minimum absolute atomic E-state index is 0.182. The van der Waals surface area contributed by atoms with Crippen molar-refractivity contribution < 1.29 is 36.6 Å². The number of alkyl halides is 5. The lowest BCUT2D eigenvalue weighted by molar-refractivity contribution is -0.211. The van der Waals surface area contributed by atoms with Crippen LogP contribution in [0, 0.1) is 0 Å². The van der Waals surface area contributed by atoms with Crippen LogP contribution in [0.15, 0.2) is 36.7 Å². The number of hydrogen-bond donors (Lipinski definition) is 1. The Hall–Kier alpha value is -2.46. The summed E-state index contributed by atoms with van der Waals surface area (Å²) in [6.45, 7) is -0.441. The van der Waals surface area contributed by atoms with E-state index in [-0.39, 0.29) is 16.3 Å². The molecule has 27 heavy (non-hydrogen) atoms. The van der Waals surface area contributed by atoms with Gasteiger partial charge in [0, 0.05) is 18.0 Å². The summed E-state index contributed by atoms with van der Waals surface area (Å²) in [5.41, 5.74) is -1.01. The third kappa shape index (κ3) is 3.67. The number of fused-ring (bicyclic) bond motifs is 1. The molecule has 0 saturated heterocycles. The van der Waals surface area contributed by atoms with Crippen LogP contribution in [0.25, 0.3) is 0 Å².